The van der Waals surface area contributed by atoms with E-state index in [4.69, 9.17) is 4.74 Å². The molecule has 2 nitrogen and oxygen atoms in total. The van der Waals surface area contributed by atoms with Crippen LogP contribution in [0, 0.1) is 0 Å². The number of rotatable bonds is 6. The van der Waals surface area contributed by atoms with Crippen LogP contribution in [0.4, 0.5) is 0 Å². The highest BCUT2D eigenvalue weighted by Crippen LogP contribution is 2.32. The van der Waals surface area contributed by atoms with Gasteiger partial charge in [0.25, 0.3) is 0 Å². The maximum atomic E-state index is 12.7. The first-order valence-electron chi connectivity index (χ1n) is 12.4. The van der Waals surface area contributed by atoms with Crippen molar-refractivity contribution in [1.82, 2.24) is 0 Å². The predicted octanol–water partition coefficient (Wildman–Crippen LogP) is 9.09. The second-order valence-corrected chi connectivity index (χ2v) is 9.33. The first-order chi connectivity index (χ1) is 17.0. The number of carbonyl (C=O) groups is 1. The molecule has 0 N–H and O–H groups in total. The van der Waals surface area contributed by atoms with Crippen LogP contribution in [0.15, 0.2) is 103 Å². The molecule has 0 saturated heterocycles. The first kappa shape index (κ1) is 22.9. The second kappa shape index (κ2) is 9.76. The molecule has 5 aromatic carbocycles. The van der Waals surface area contributed by atoms with E-state index >= 15 is 0 Å². The zero-order chi connectivity index (χ0) is 24.4. The van der Waals surface area contributed by atoms with Gasteiger partial charge >= 0.3 is 5.97 Å². The fraction of sp³-hybridized carbons (Fsp3) is 0.182. The number of fused-ring (bicyclic) bond motifs is 3. The molecule has 0 aliphatic carbocycles. The molecular weight excluding hydrogens is 428 g/mol. The fourth-order valence-corrected chi connectivity index (χ4v) is 4.63. The zero-order valence-corrected chi connectivity index (χ0v) is 20.5. The molecule has 0 aliphatic rings. The molecule has 0 heterocycles. The number of esters is 1. The lowest BCUT2D eigenvalue weighted by molar-refractivity contribution is 0.0338. The van der Waals surface area contributed by atoms with Crippen molar-refractivity contribution >= 4 is 27.5 Å². The summed E-state index contributed by atoms with van der Waals surface area (Å²) in [7, 11) is 0. The Kier molecular flexibility index (Phi) is 6.37. The number of carbonyl (C=O) groups excluding carboxylic acids is 1. The van der Waals surface area contributed by atoms with Gasteiger partial charge in [-0.2, -0.15) is 0 Å². The van der Waals surface area contributed by atoms with E-state index in [9.17, 15) is 4.79 Å². The van der Waals surface area contributed by atoms with Crippen LogP contribution in [0.25, 0.3) is 32.7 Å². The molecule has 0 spiro atoms. The van der Waals surface area contributed by atoms with Crippen LogP contribution in [0.3, 0.4) is 0 Å². The molecule has 0 bridgehead atoms. The molecule has 0 aromatic heterocycles. The third kappa shape index (κ3) is 4.70. The van der Waals surface area contributed by atoms with E-state index in [1.807, 2.05) is 37.3 Å². The van der Waals surface area contributed by atoms with Gasteiger partial charge in [-0.15, -0.1) is 0 Å². The van der Waals surface area contributed by atoms with Crippen LogP contribution in [0.2, 0.25) is 0 Å². The minimum absolute atomic E-state index is 0.291. The number of hydrogen-bond donors (Lipinski definition) is 0. The van der Waals surface area contributed by atoms with Crippen molar-refractivity contribution in [3.8, 4) is 11.1 Å². The largest absolute Gasteiger partial charge is 0.454 e. The Labute approximate surface area is 207 Å². The maximum Gasteiger partial charge on any atom is 0.338 e. The third-order valence-electron chi connectivity index (χ3n) is 7.05. The summed E-state index contributed by atoms with van der Waals surface area (Å²) in [6.45, 7) is 6.29. The maximum absolute atomic E-state index is 12.7. The van der Waals surface area contributed by atoms with Crippen molar-refractivity contribution in [3.05, 3.63) is 120 Å². The minimum atomic E-state index is -0.336. The number of ether oxygens (including phenoxy) is 1. The van der Waals surface area contributed by atoms with Gasteiger partial charge in [-0.1, -0.05) is 92.7 Å². The van der Waals surface area contributed by atoms with Gasteiger partial charge in [0.1, 0.15) is 6.10 Å². The summed E-state index contributed by atoms with van der Waals surface area (Å²) in [5.41, 5.74) is 5.25. The van der Waals surface area contributed by atoms with Crippen molar-refractivity contribution < 1.29 is 9.53 Å². The molecule has 174 valence electrons. The van der Waals surface area contributed by atoms with Gasteiger partial charge in [0, 0.05) is 0 Å². The van der Waals surface area contributed by atoms with Crippen LogP contribution in [-0.4, -0.2) is 5.97 Å². The lowest BCUT2D eigenvalue weighted by Crippen LogP contribution is -2.09. The SMILES string of the molecule is CCC(C)c1ccc(C(=O)OC(C)c2ccc3c(ccc4cc(-c5ccccc5)ccc43)c2)cc1. The lowest BCUT2D eigenvalue weighted by atomic mass is 9.96. The molecule has 2 unspecified atom stereocenters. The average Bonchev–Trinajstić information content (AvgIpc) is 2.92. The van der Waals surface area contributed by atoms with Crippen LogP contribution in [-0.2, 0) is 4.74 Å². The standard InChI is InChI=1S/C33H30O2/c1-4-22(2)24-10-12-26(13-11-24)33(34)35-23(3)27-16-18-31-29(20-27)14-15-30-21-28(17-19-32(30)31)25-8-6-5-7-9-25/h5-23H,4H2,1-3H3. The Bertz CT molecular complexity index is 1480. The average molecular weight is 459 g/mol. The van der Waals surface area contributed by atoms with Gasteiger partial charge in [0.2, 0.25) is 0 Å². The number of hydrogen-bond acceptors (Lipinski definition) is 2. The highest BCUT2D eigenvalue weighted by molar-refractivity contribution is 6.08. The van der Waals surface area contributed by atoms with E-state index in [1.54, 1.807) is 0 Å². The normalized spacial score (nSPS) is 13.0. The molecule has 2 heteroatoms. The predicted molar refractivity (Wildman–Crippen MR) is 146 cm³/mol. The van der Waals surface area contributed by atoms with Crippen molar-refractivity contribution in [2.24, 2.45) is 0 Å². The van der Waals surface area contributed by atoms with Gasteiger partial charge in [-0.05, 0) is 87.3 Å². The first-order valence-corrected chi connectivity index (χ1v) is 12.4. The minimum Gasteiger partial charge on any atom is -0.454 e. The van der Waals surface area contributed by atoms with Crippen molar-refractivity contribution in [1.29, 1.82) is 0 Å². The van der Waals surface area contributed by atoms with E-state index in [0.717, 1.165) is 17.4 Å². The topological polar surface area (TPSA) is 26.3 Å². The van der Waals surface area contributed by atoms with Crippen LogP contribution >= 0.6 is 0 Å². The molecular formula is C33H30O2. The molecule has 5 aromatic rings. The van der Waals surface area contributed by atoms with Crippen molar-refractivity contribution in [2.75, 3.05) is 0 Å². The van der Waals surface area contributed by atoms with Crippen molar-refractivity contribution in [3.63, 3.8) is 0 Å². The van der Waals surface area contributed by atoms with Crippen LogP contribution in [0.1, 0.15) is 60.7 Å². The summed E-state index contributed by atoms with van der Waals surface area (Å²) < 4.78 is 5.81. The van der Waals surface area contributed by atoms with Crippen molar-refractivity contribution in [2.45, 2.75) is 39.2 Å². The fourth-order valence-electron chi connectivity index (χ4n) is 4.63. The van der Waals surface area contributed by atoms with Gasteiger partial charge in [0.15, 0.2) is 0 Å². The molecule has 2 atom stereocenters. The quantitative estimate of drug-likeness (QED) is 0.187. The van der Waals surface area contributed by atoms with E-state index in [2.05, 4.69) is 86.6 Å². The lowest BCUT2D eigenvalue weighted by Gasteiger charge is -2.16. The van der Waals surface area contributed by atoms with E-state index in [1.165, 1.54) is 32.8 Å². The Morgan fingerprint density at radius 3 is 2.00 bits per heavy atom. The molecule has 5 rings (SSSR count). The van der Waals surface area contributed by atoms with Gasteiger partial charge in [-0.25, -0.2) is 4.79 Å². The molecule has 0 aliphatic heterocycles. The molecule has 0 fully saturated rings. The highest BCUT2D eigenvalue weighted by atomic mass is 16.5. The molecule has 0 radical (unpaired) electrons. The summed E-state index contributed by atoms with van der Waals surface area (Å²) in [5.74, 6) is 0.192. The van der Waals surface area contributed by atoms with Crippen LogP contribution in [0.5, 0.6) is 0 Å². The number of benzene rings is 5. The molecule has 35 heavy (non-hydrogen) atoms. The summed E-state index contributed by atoms with van der Waals surface area (Å²) >= 11 is 0. The Morgan fingerprint density at radius 1 is 0.686 bits per heavy atom. The summed E-state index contributed by atoms with van der Waals surface area (Å²) in [4.78, 5) is 12.7. The molecule has 0 saturated carbocycles. The van der Waals surface area contributed by atoms with Gasteiger partial charge < -0.3 is 4.74 Å². The smallest absolute Gasteiger partial charge is 0.338 e. The Hall–Kier alpha value is -3.91. The highest BCUT2D eigenvalue weighted by Gasteiger charge is 2.15. The summed E-state index contributed by atoms with van der Waals surface area (Å²) in [6.07, 6.45) is 0.740. The second-order valence-electron chi connectivity index (χ2n) is 9.33. The zero-order valence-electron chi connectivity index (χ0n) is 20.5. The van der Waals surface area contributed by atoms with E-state index < -0.39 is 0 Å². The Balaban J connectivity index is 1.37. The molecule has 0 amide bonds. The summed E-state index contributed by atoms with van der Waals surface area (Å²) in [6, 6.07) is 35.5. The van der Waals surface area contributed by atoms with Crippen LogP contribution < -0.4 is 0 Å². The van der Waals surface area contributed by atoms with Gasteiger partial charge in [-0.3, -0.25) is 0 Å². The van der Waals surface area contributed by atoms with E-state index in [-0.39, 0.29) is 12.1 Å². The van der Waals surface area contributed by atoms with Gasteiger partial charge in [0.05, 0.1) is 5.56 Å². The monoisotopic (exact) mass is 458 g/mol. The Morgan fingerprint density at radius 2 is 1.31 bits per heavy atom. The van der Waals surface area contributed by atoms with E-state index in [0.29, 0.717) is 11.5 Å². The third-order valence-corrected chi connectivity index (χ3v) is 7.05. The summed E-state index contributed by atoms with van der Waals surface area (Å²) in [5, 5.41) is 4.78.